The van der Waals surface area contributed by atoms with Gasteiger partial charge in [0.1, 0.15) is 0 Å². The Morgan fingerprint density at radius 3 is 1.23 bits per heavy atom. The lowest BCUT2D eigenvalue weighted by Gasteiger charge is -2.14. The van der Waals surface area contributed by atoms with Crippen molar-refractivity contribution in [3.8, 4) is 23.0 Å². The average molecular weight is 835 g/mol. The number of carbonyl (C=O) groups is 4. The van der Waals surface area contributed by atoms with Crippen LogP contribution in [0.1, 0.15) is 114 Å². The highest BCUT2D eigenvalue weighted by Crippen LogP contribution is 2.36. The summed E-state index contributed by atoms with van der Waals surface area (Å²) in [5.41, 5.74) is 1.54. The fourth-order valence-electron chi connectivity index (χ4n) is 6.06. The van der Waals surface area contributed by atoms with Crippen LogP contribution < -0.4 is 0 Å². The van der Waals surface area contributed by atoms with Gasteiger partial charge >= 0.3 is 23.9 Å². The van der Waals surface area contributed by atoms with Crippen LogP contribution in [-0.2, 0) is 57.1 Å². The second kappa shape index (κ2) is 23.0. The van der Waals surface area contributed by atoms with E-state index in [1.165, 1.54) is 12.1 Å². The Morgan fingerprint density at radius 1 is 0.500 bits per heavy atom. The van der Waals surface area contributed by atoms with Gasteiger partial charge in [-0.05, 0) is 55.5 Å². The van der Waals surface area contributed by atoms with Crippen molar-refractivity contribution in [2.24, 2.45) is 0 Å². The summed E-state index contributed by atoms with van der Waals surface area (Å²) in [5, 5.41) is 0. The maximum atomic E-state index is 15.5. The molecular weight excluding hydrogens is 782 g/mol. The Morgan fingerprint density at radius 2 is 0.867 bits per heavy atom. The number of esters is 4. The van der Waals surface area contributed by atoms with Crippen LogP contribution in [0.25, 0.3) is 11.1 Å². The molecule has 14 heteroatoms. The molecule has 0 radical (unpaired) electrons. The van der Waals surface area contributed by atoms with Gasteiger partial charge in [-0.2, -0.15) is 0 Å². The van der Waals surface area contributed by atoms with Gasteiger partial charge in [0.05, 0.1) is 32.0 Å². The highest BCUT2D eigenvalue weighted by molar-refractivity contribution is 5.87. The van der Waals surface area contributed by atoms with Crippen molar-refractivity contribution in [2.45, 2.75) is 116 Å². The predicted octanol–water partition coefficient (Wildman–Crippen LogP) is 7.97. The quantitative estimate of drug-likeness (QED) is 0.0501. The number of carbonyl (C=O) groups excluding carboxylic acids is 4. The van der Waals surface area contributed by atoms with Gasteiger partial charge in [0.25, 0.3) is 0 Å². The van der Waals surface area contributed by atoms with Gasteiger partial charge < -0.3 is 37.9 Å². The summed E-state index contributed by atoms with van der Waals surface area (Å²) in [6, 6.07) is 15.5. The van der Waals surface area contributed by atoms with Gasteiger partial charge in [0.2, 0.25) is 0 Å². The molecule has 2 saturated heterocycles. The lowest BCUT2D eigenvalue weighted by molar-refractivity contribution is -0.163. The van der Waals surface area contributed by atoms with E-state index in [4.69, 9.17) is 37.9 Å². The third-order valence-electron chi connectivity index (χ3n) is 9.63. The minimum atomic E-state index is -1.34. The van der Waals surface area contributed by atoms with Crippen LogP contribution in [0, 0.1) is 23.5 Å². The first-order chi connectivity index (χ1) is 29.1. The molecule has 60 heavy (non-hydrogen) atoms. The summed E-state index contributed by atoms with van der Waals surface area (Å²) in [6.07, 6.45) is -1.64. The number of rotatable bonds is 19. The second-order valence-electron chi connectivity index (χ2n) is 14.3. The highest BCUT2D eigenvalue weighted by atomic mass is 19.2. The minimum Gasteiger partial charge on any atom is -0.464 e. The number of hydrogen-bond acceptors (Lipinski definition) is 12. The Bertz CT molecular complexity index is 1910. The van der Waals surface area contributed by atoms with Gasteiger partial charge in [-0.25, -0.2) is 28.0 Å². The molecule has 0 bridgehead atoms. The minimum absolute atomic E-state index is 0.0198. The number of unbranched alkanes of at least 4 members (excludes halogenated alkanes) is 4. The van der Waals surface area contributed by atoms with E-state index in [0.29, 0.717) is 47.9 Å². The molecule has 0 aromatic heterocycles. The number of hydrogen-bond donors (Lipinski definition) is 0. The van der Waals surface area contributed by atoms with E-state index < -0.39 is 72.5 Å². The molecule has 4 atom stereocenters. The van der Waals surface area contributed by atoms with Crippen LogP contribution in [0.15, 0.2) is 60.7 Å². The molecule has 0 unspecified atom stereocenters. The van der Waals surface area contributed by atoms with Crippen molar-refractivity contribution in [3.63, 3.8) is 0 Å². The number of halogens is 2. The molecular formula is C46H52F2O12. The molecule has 0 N–H and O–H groups in total. The molecule has 2 fully saturated rings. The van der Waals surface area contributed by atoms with Crippen molar-refractivity contribution < 1.29 is 65.9 Å². The first-order valence-electron chi connectivity index (χ1n) is 20.6. The van der Waals surface area contributed by atoms with E-state index in [1.54, 1.807) is 48.5 Å². The molecule has 12 nitrogen and oxygen atoms in total. The summed E-state index contributed by atoms with van der Waals surface area (Å²) in [4.78, 5) is 51.3. The average Bonchev–Trinajstić information content (AvgIpc) is 3.92. The summed E-state index contributed by atoms with van der Waals surface area (Å²) < 4.78 is 75.5. The Kier molecular flexibility index (Phi) is 17.6. The van der Waals surface area contributed by atoms with Gasteiger partial charge in [-0.15, -0.1) is 0 Å². The smallest absolute Gasteiger partial charge is 0.338 e. The van der Waals surface area contributed by atoms with Gasteiger partial charge in [-0.3, -0.25) is 0 Å². The van der Waals surface area contributed by atoms with Crippen LogP contribution in [0.3, 0.4) is 0 Å². The van der Waals surface area contributed by atoms with Crippen molar-refractivity contribution in [2.75, 3.05) is 26.4 Å². The van der Waals surface area contributed by atoms with Crippen LogP contribution in [0.4, 0.5) is 8.78 Å². The standard InChI is InChI=1S/C46H52F2O12/c1-5-9-25-53-41(49)37-38(42(50)54-26-10-6-2)58-45(57-37)32-17-14-29(15-18-32)13-16-31-23-24-34(36(48)35(31)47)30-19-21-33(22-20-30)46-59-39(43(51)55-27-11-7-3)40(60-46)44(52)56-28-12-8-4/h14-15,17-24,37-40,45-46H,5-12,25-28H2,1-4H3/t37-,38-,39-,40-/m1/s1. The van der Waals surface area contributed by atoms with Crippen molar-refractivity contribution in [3.05, 3.63) is 94.6 Å². The summed E-state index contributed by atoms with van der Waals surface area (Å²) in [7, 11) is 0. The van der Waals surface area contributed by atoms with Crippen LogP contribution in [-0.4, -0.2) is 74.7 Å². The fraction of sp³-hybridized carbons (Fsp3) is 0.478. The van der Waals surface area contributed by atoms with Crippen molar-refractivity contribution >= 4 is 23.9 Å². The fourth-order valence-corrected chi connectivity index (χ4v) is 6.06. The van der Waals surface area contributed by atoms with Gasteiger partial charge in [-0.1, -0.05) is 102 Å². The van der Waals surface area contributed by atoms with E-state index in [1.807, 2.05) is 27.7 Å². The molecule has 2 aliphatic heterocycles. The molecule has 0 saturated carbocycles. The molecule has 0 aliphatic carbocycles. The molecule has 2 aliphatic rings. The maximum Gasteiger partial charge on any atom is 0.338 e. The Labute approximate surface area is 349 Å². The van der Waals surface area contributed by atoms with E-state index in [9.17, 15) is 19.2 Å². The topological polar surface area (TPSA) is 142 Å². The first kappa shape index (κ1) is 45.9. The molecule has 5 rings (SSSR count). The van der Waals surface area contributed by atoms with E-state index in [0.717, 1.165) is 25.7 Å². The lowest BCUT2D eigenvalue weighted by Crippen LogP contribution is -2.39. The van der Waals surface area contributed by atoms with E-state index in [-0.39, 0.29) is 37.6 Å². The maximum absolute atomic E-state index is 15.5. The Balaban J connectivity index is 1.25. The van der Waals surface area contributed by atoms with Crippen molar-refractivity contribution in [1.82, 2.24) is 0 Å². The normalized spacial score (nSPS) is 19.0. The SMILES string of the molecule is CCCCOC(=O)[C@@H]1OC(c2ccc(C#Cc3ccc(-c4ccc(C5O[C@@H](C(=O)OCCCC)[C@H](C(=O)OCCCC)O5)cc4)c(F)c3F)cc2)O[C@H]1C(=O)OCCCC. The molecule has 3 aromatic rings. The van der Waals surface area contributed by atoms with Crippen LogP contribution >= 0.6 is 0 Å². The zero-order valence-corrected chi connectivity index (χ0v) is 34.4. The molecule has 2 heterocycles. The lowest BCUT2D eigenvalue weighted by atomic mass is 10.0. The first-order valence-corrected chi connectivity index (χ1v) is 20.6. The van der Waals surface area contributed by atoms with Gasteiger partial charge in [0.15, 0.2) is 48.6 Å². The van der Waals surface area contributed by atoms with Crippen LogP contribution in [0.5, 0.6) is 0 Å². The third kappa shape index (κ3) is 12.0. The molecule has 0 spiro atoms. The predicted molar refractivity (Wildman–Crippen MR) is 213 cm³/mol. The molecule has 3 aromatic carbocycles. The third-order valence-corrected chi connectivity index (χ3v) is 9.63. The second-order valence-corrected chi connectivity index (χ2v) is 14.3. The summed E-state index contributed by atoms with van der Waals surface area (Å²) >= 11 is 0. The number of benzene rings is 3. The summed E-state index contributed by atoms with van der Waals surface area (Å²) in [6.45, 7) is 8.51. The molecule has 0 amide bonds. The number of ether oxygens (including phenoxy) is 8. The van der Waals surface area contributed by atoms with E-state index in [2.05, 4.69) is 11.8 Å². The zero-order chi connectivity index (χ0) is 43.0. The van der Waals surface area contributed by atoms with Gasteiger partial charge in [0, 0.05) is 22.3 Å². The highest BCUT2D eigenvalue weighted by Gasteiger charge is 2.49. The molecule has 322 valence electrons. The Hall–Kier alpha value is -5.20. The van der Waals surface area contributed by atoms with Crippen molar-refractivity contribution in [1.29, 1.82) is 0 Å². The van der Waals surface area contributed by atoms with E-state index >= 15 is 8.78 Å². The zero-order valence-electron chi connectivity index (χ0n) is 34.4. The largest absolute Gasteiger partial charge is 0.464 e. The summed E-state index contributed by atoms with van der Waals surface area (Å²) in [5.74, 6) is 0.343. The monoisotopic (exact) mass is 834 g/mol. The van der Waals surface area contributed by atoms with Crippen LogP contribution in [0.2, 0.25) is 0 Å².